The summed E-state index contributed by atoms with van der Waals surface area (Å²) in [7, 11) is 3.23. The van der Waals surface area contributed by atoms with Gasteiger partial charge in [-0.15, -0.1) is 0 Å². The molecule has 0 aliphatic carbocycles. The van der Waals surface area contributed by atoms with Crippen molar-refractivity contribution < 1.29 is 18.7 Å². The van der Waals surface area contributed by atoms with Gasteiger partial charge in [-0.25, -0.2) is 4.39 Å². The summed E-state index contributed by atoms with van der Waals surface area (Å²) in [4.78, 5) is 25.0. The normalized spacial score (nSPS) is 10.7. The van der Waals surface area contributed by atoms with Gasteiger partial charge in [-0.3, -0.25) is 14.5 Å². The minimum absolute atomic E-state index is 0.0301. The minimum Gasteiger partial charge on any atom is -0.383 e. The molecular formula is C15H21FN2O3. The summed E-state index contributed by atoms with van der Waals surface area (Å²) in [5.74, 6) is -0.689. The van der Waals surface area contributed by atoms with Crippen LogP contribution in [0.5, 0.6) is 0 Å². The highest BCUT2D eigenvalue weighted by atomic mass is 19.1. The van der Waals surface area contributed by atoms with E-state index in [1.54, 1.807) is 37.3 Å². The van der Waals surface area contributed by atoms with E-state index in [4.69, 9.17) is 4.74 Å². The molecule has 5 nitrogen and oxygen atoms in total. The molecule has 0 heterocycles. The van der Waals surface area contributed by atoms with Gasteiger partial charge in [-0.2, -0.15) is 0 Å². The van der Waals surface area contributed by atoms with Gasteiger partial charge < -0.3 is 10.1 Å². The zero-order chi connectivity index (χ0) is 15.7. The molecule has 0 radical (unpaired) electrons. The first kappa shape index (κ1) is 17.3. The first-order valence-corrected chi connectivity index (χ1v) is 6.72. The zero-order valence-corrected chi connectivity index (χ0v) is 12.4. The van der Waals surface area contributed by atoms with Gasteiger partial charge in [0.05, 0.1) is 19.7 Å². The number of amides is 1. The summed E-state index contributed by atoms with van der Waals surface area (Å²) in [5, 5.41) is 2.67. The van der Waals surface area contributed by atoms with Crippen molar-refractivity contribution in [3.63, 3.8) is 0 Å². The molecule has 1 aromatic rings. The van der Waals surface area contributed by atoms with E-state index in [1.165, 1.54) is 6.07 Å². The molecule has 0 atom stereocenters. The molecule has 1 amide bonds. The second kappa shape index (κ2) is 9.20. The Kier molecular flexibility index (Phi) is 7.56. The van der Waals surface area contributed by atoms with E-state index in [0.717, 1.165) is 0 Å². The molecule has 1 rings (SSSR count). The number of likely N-dealkylation sites (N-methyl/N-ethyl adjacent to an activating group) is 1. The van der Waals surface area contributed by atoms with E-state index in [0.29, 0.717) is 18.7 Å². The van der Waals surface area contributed by atoms with Crippen LogP contribution < -0.4 is 5.32 Å². The highest BCUT2D eigenvalue weighted by molar-refractivity contribution is 5.84. The van der Waals surface area contributed by atoms with Crippen LogP contribution in [0.25, 0.3) is 0 Å². The van der Waals surface area contributed by atoms with Crippen LogP contribution in [0.15, 0.2) is 24.3 Å². The predicted octanol–water partition coefficient (Wildman–Crippen LogP) is 0.632. The van der Waals surface area contributed by atoms with E-state index in [-0.39, 0.29) is 37.0 Å². The van der Waals surface area contributed by atoms with Crippen LogP contribution in [0, 0.1) is 5.82 Å². The van der Waals surface area contributed by atoms with Crippen LogP contribution in [0.3, 0.4) is 0 Å². The largest absolute Gasteiger partial charge is 0.383 e. The van der Waals surface area contributed by atoms with Crippen LogP contribution in [0.2, 0.25) is 0 Å². The van der Waals surface area contributed by atoms with Gasteiger partial charge in [0, 0.05) is 20.1 Å². The van der Waals surface area contributed by atoms with Gasteiger partial charge in [-0.1, -0.05) is 18.2 Å². The molecule has 0 aromatic heterocycles. The first-order valence-electron chi connectivity index (χ1n) is 6.72. The minimum atomic E-state index is -0.384. The molecular weight excluding hydrogens is 275 g/mol. The van der Waals surface area contributed by atoms with E-state index in [2.05, 4.69) is 5.32 Å². The second-order valence-electron chi connectivity index (χ2n) is 4.82. The maximum absolute atomic E-state index is 13.4. The summed E-state index contributed by atoms with van der Waals surface area (Å²) in [6, 6.07) is 6.19. The molecule has 0 saturated carbocycles. The molecule has 0 saturated heterocycles. The van der Waals surface area contributed by atoms with Crippen molar-refractivity contribution in [3.8, 4) is 0 Å². The molecule has 0 fully saturated rings. The Morgan fingerprint density at radius 1 is 1.29 bits per heavy atom. The Balaban J connectivity index is 2.34. The third-order valence-corrected chi connectivity index (χ3v) is 2.83. The second-order valence-corrected chi connectivity index (χ2v) is 4.82. The molecule has 0 spiro atoms. The average molecular weight is 296 g/mol. The summed E-state index contributed by atoms with van der Waals surface area (Å²) in [6.45, 7) is 1.10. The molecule has 21 heavy (non-hydrogen) atoms. The zero-order valence-electron chi connectivity index (χ0n) is 12.4. The van der Waals surface area contributed by atoms with E-state index in [1.807, 2.05) is 0 Å². The fourth-order valence-corrected chi connectivity index (χ4v) is 1.86. The lowest BCUT2D eigenvalue weighted by Crippen LogP contribution is -2.38. The van der Waals surface area contributed by atoms with Gasteiger partial charge in [0.15, 0.2) is 5.78 Å². The number of nitrogens with one attached hydrogen (secondary N) is 1. The van der Waals surface area contributed by atoms with Gasteiger partial charge in [0.25, 0.3) is 0 Å². The van der Waals surface area contributed by atoms with Crippen LogP contribution in [0.4, 0.5) is 4.39 Å². The molecule has 0 bridgehead atoms. The molecule has 0 aliphatic heterocycles. The Morgan fingerprint density at radius 2 is 2.00 bits per heavy atom. The maximum atomic E-state index is 13.4. The Labute approximate surface area is 124 Å². The number of methoxy groups -OCH3 is 1. The van der Waals surface area contributed by atoms with Crippen LogP contribution in [-0.4, -0.2) is 57.0 Å². The van der Waals surface area contributed by atoms with E-state index < -0.39 is 0 Å². The lowest BCUT2D eigenvalue weighted by molar-refractivity contribution is -0.123. The summed E-state index contributed by atoms with van der Waals surface area (Å²) >= 11 is 0. The van der Waals surface area contributed by atoms with Crippen molar-refractivity contribution in [1.29, 1.82) is 0 Å². The number of nitrogens with zero attached hydrogens (tertiary/aromatic N) is 1. The summed E-state index contributed by atoms with van der Waals surface area (Å²) < 4.78 is 18.3. The Bertz CT molecular complexity index is 480. The quantitative estimate of drug-likeness (QED) is 0.679. The summed E-state index contributed by atoms with van der Waals surface area (Å²) in [5.41, 5.74) is 0.375. The molecule has 0 unspecified atom stereocenters. The number of halogens is 1. The van der Waals surface area contributed by atoms with Crippen molar-refractivity contribution in [1.82, 2.24) is 10.2 Å². The Morgan fingerprint density at radius 3 is 2.67 bits per heavy atom. The highest BCUT2D eigenvalue weighted by Crippen LogP contribution is 2.07. The third-order valence-electron chi connectivity index (χ3n) is 2.83. The number of ketones is 1. The van der Waals surface area contributed by atoms with Gasteiger partial charge in [-0.05, 0) is 18.7 Å². The number of rotatable bonds is 9. The lowest BCUT2D eigenvalue weighted by atomic mass is 10.1. The topological polar surface area (TPSA) is 58.6 Å². The van der Waals surface area contributed by atoms with Crippen molar-refractivity contribution in [2.24, 2.45) is 0 Å². The third kappa shape index (κ3) is 6.97. The van der Waals surface area contributed by atoms with E-state index in [9.17, 15) is 14.0 Å². The number of hydrogen-bond donors (Lipinski definition) is 1. The fourth-order valence-electron chi connectivity index (χ4n) is 1.86. The highest BCUT2D eigenvalue weighted by Gasteiger charge is 2.12. The SMILES string of the molecule is COCCNC(=O)CN(C)CC(=O)Cc1ccccc1F. The summed E-state index contributed by atoms with van der Waals surface area (Å²) in [6.07, 6.45) is 0.0301. The molecule has 6 heteroatoms. The van der Waals surface area contributed by atoms with E-state index >= 15 is 0 Å². The Hall–Kier alpha value is -1.79. The van der Waals surface area contributed by atoms with Crippen LogP contribution in [0.1, 0.15) is 5.56 Å². The molecule has 1 aromatic carbocycles. The van der Waals surface area contributed by atoms with Crippen molar-refractivity contribution in [2.45, 2.75) is 6.42 Å². The number of hydrogen-bond acceptors (Lipinski definition) is 4. The van der Waals surface area contributed by atoms with Crippen molar-refractivity contribution >= 4 is 11.7 Å². The smallest absolute Gasteiger partial charge is 0.234 e. The van der Waals surface area contributed by atoms with Gasteiger partial charge in [0.1, 0.15) is 5.82 Å². The monoisotopic (exact) mass is 296 g/mol. The number of ether oxygens (including phenoxy) is 1. The van der Waals surface area contributed by atoms with Gasteiger partial charge in [0.2, 0.25) is 5.91 Å². The molecule has 1 N–H and O–H groups in total. The average Bonchev–Trinajstić information content (AvgIpc) is 2.41. The van der Waals surface area contributed by atoms with Crippen molar-refractivity contribution in [3.05, 3.63) is 35.6 Å². The number of carbonyl (C=O) groups excluding carboxylic acids is 2. The first-order chi connectivity index (χ1) is 10.0. The van der Waals surface area contributed by atoms with Crippen LogP contribution >= 0.6 is 0 Å². The maximum Gasteiger partial charge on any atom is 0.234 e. The predicted molar refractivity (Wildman–Crippen MR) is 77.5 cm³/mol. The number of Topliss-reactive ketones (excluding diaryl/α,β-unsaturated/α-hetero) is 1. The molecule has 116 valence electrons. The fraction of sp³-hybridized carbons (Fsp3) is 0.467. The molecule has 0 aliphatic rings. The standard InChI is InChI=1S/C15H21FN2O3/c1-18(11-15(20)17-7-8-21-2)10-13(19)9-12-5-3-4-6-14(12)16/h3-6H,7-11H2,1-2H3,(H,17,20). The van der Waals surface area contributed by atoms with Gasteiger partial charge >= 0.3 is 0 Å². The number of benzene rings is 1. The lowest BCUT2D eigenvalue weighted by Gasteiger charge is -2.15. The van der Waals surface area contributed by atoms with Crippen LogP contribution in [-0.2, 0) is 20.7 Å². The number of carbonyl (C=O) groups is 2. The van der Waals surface area contributed by atoms with Crippen molar-refractivity contribution in [2.75, 3.05) is 40.4 Å².